The number of ether oxygens (including phenoxy) is 1. The Labute approximate surface area is 79.5 Å². The summed E-state index contributed by atoms with van der Waals surface area (Å²) in [5, 5.41) is 0.525. The van der Waals surface area contributed by atoms with E-state index in [9.17, 15) is 0 Å². The zero-order valence-corrected chi connectivity index (χ0v) is 8.41. The number of hydrogen-bond acceptors (Lipinski definition) is 2. The maximum absolute atomic E-state index is 5.23. The molecule has 0 aromatic heterocycles. The van der Waals surface area contributed by atoms with Crippen LogP contribution >= 0.6 is 28.1 Å². The highest BCUT2D eigenvalue weighted by Crippen LogP contribution is 2.23. The van der Waals surface area contributed by atoms with E-state index in [1.54, 1.807) is 6.92 Å². The molecule has 0 heterocycles. The highest BCUT2D eigenvalue weighted by molar-refractivity contribution is 9.10. The van der Waals surface area contributed by atoms with Gasteiger partial charge in [0.05, 0.1) is 4.47 Å². The van der Waals surface area contributed by atoms with Gasteiger partial charge < -0.3 is 4.74 Å². The number of halogens is 1. The van der Waals surface area contributed by atoms with Gasteiger partial charge in [0.25, 0.3) is 0 Å². The minimum atomic E-state index is 0.525. The van der Waals surface area contributed by atoms with E-state index in [1.807, 2.05) is 24.3 Å². The highest BCUT2D eigenvalue weighted by atomic mass is 79.9. The van der Waals surface area contributed by atoms with Crippen molar-refractivity contribution in [3.05, 3.63) is 28.7 Å². The molecule has 0 amide bonds. The van der Waals surface area contributed by atoms with Gasteiger partial charge in [0.2, 0.25) is 0 Å². The van der Waals surface area contributed by atoms with Crippen molar-refractivity contribution >= 4 is 33.2 Å². The van der Waals surface area contributed by atoms with Crippen LogP contribution in [-0.2, 0) is 0 Å². The van der Waals surface area contributed by atoms with Gasteiger partial charge in [0.15, 0.2) is 5.05 Å². The van der Waals surface area contributed by atoms with Crippen LogP contribution in [0.4, 0.5) is 0 Å². The summed E-state index contributed by atoms with van der Waals surface area (Å²) in [4.78, 5) is 0. The fourth-order valence-electron chi connectivity index (χ4n) is 0.682. The highest BCUT2D eigenvalue weighted by Gasteiger charge is 1.98. The molecule has 11 heavy (non-hydrogen) atoms. The van der Waals surface area contributed by atoms with E-state index in [1.165, 1.54) is 0 Å². The molecule has 0 unspecified atom stereocenters. The zero-order valence-electron chi connectivity index (χ0n) is 6.00. The van der Waals surface area contributed by atoms with E-state index >= 15 is 0 Å². The molecule has 0 spiro atoms. The lowest BCUT2D eigenvalue weighted by Gasteiger charge is -2.03. The van der Waals surface area contributed by atoms with Gasteiger partial charge in [-0.15, -0.1) is 0 Å². The monoisotopic (exact) mass is 230 g/mol. The maximum Gasteiger partial charge on any atom is 0.164 e. The fourth-order valence-corrected chi connectivity index (χ4v) is 1.14. The standard InChI is InChI=1S/C8H7BrOS/c1-6(11)10-8-5-3-2-4-7(8)9/h2-5H,1H3. The molecule has 0 N–H and O–H groups in total. The minimum absolute atomic E-state index is 0.525. The topological polar surface area (TPSA) is 9.23 Å². The van der Waals surface area contributed by atoms with Crippen molar-refractivity contribution in [2.75, 3.05) is 0 Å². The summed E-state index contributed by atoms with van der Waals surface area (Å²) in [6, 6.07) is 7.60. The first-order valence-corrected chi connectivity index (χ1v) is 4.33. The van der Waals surface area contributed by atoms with Crippen LogP contribution in [0.1, 0.15) is 6.92 Å². The molecule has 0 aliphatic carbocycles. The first kappa shape index (κ1) is 8.68. The van der Waals surface area contributed by atoms with Crippen LogP contribution in [0.25, 0.3) is 0 Å². The molecule has 0 radical (unpaired) electrons. The van der Waals surface area contributed by atoms with E-state index < -0.39 is 0 Å². The Hall–Kier alpha value is -0.410. The van der Waals surface area contributed by atoms with Crippen LogP contribution < -0.4 is 4.74 Å². The summed E-state index contributed by atoms with van der Waals surface area (Å²) in [5.74, 6) is 0.764. The van der Waals surface area contributed by atoms with Crippen molar-refractivity contribution in [1.29, 1.82) is 0 Å². The van der Waals surface area contributed by atoms with Crippen molar-refractivity contribution < 1.29 is 4.74 Å². The summed E-state index contributed by atoms with van der Waals surface area (Å²) in [6.07, 6.45) is 0. The average molecular weight is 231 g/mol. The summed E-state index contributed by atoms with van der Waals surface area (Å²) in [7, 11) is 0. The molecule has 1 aromatic carbocycles. The lowest BCUT2D eigenvalue weighted by atomic mass is 10.3. The van der Waals surface area contributed by atoms with Gasteiger partial charge >= 0.3 is 0 Å². The van der Waals surface area contributed by atoms with E-state index in [2.05, 4.69) is 15.9 Å². The third kappa shape index (κ3) is 2.60. The van der Waals surface area contributed by atoms with E-state index in [4.69, 9.17) is 17.0 Å². The normalized spacial score (nSPS) is 9.27. The van der Waals surface area contributed by atoms with Gasteiger partial charge in [-0.2, -0.15) is 0 Å². The third-order valence-electron chi connectivity index (χ3n) is 1.09. The van der Waals surface area contributed by atoms with Crippen LogP contribution in [0.5, 0.6) is 5.75 Å². The van der Waals surface area contributed by atoms with Gasteiger partial charge in [-0.25, -0.2) is 0 Å². The fraction of sp³-hybridized carbons (Fsp3) is 0.125. The van der Waals surface area contributed by atoms with Gasteiger partial charge in [0, 0.05) is 6.92 Å². The Morgan fingerprint density at radius 3 is 2.64 bits per heavy atom. The number of para-hydroxylation sites is 1. The van der Waals surface area contributed by atoms with E-state index in [0.717, 1.165) is 10.2 Å². The summed E-state index contributed by atoms with van der Waals surface area (Å²) in [5.41, 5.74) is 0. The van der Waals surface area contributed by atoms with Gasteiger partial charge in [-0.3, -0.25) is 0 Å². The molecule has 0 aliphatic rings. The number of hydrogen-bond donors (Lipinski definition) is 0. The molecular formula is C8H7BrOS. The van der Waals surface area contributed by atoms with Crippen LogP contribution in [0.15, 0.2) is 28.7 Å². The summed E-state index contributed by atoms with van der Waals surface area (Å²) in [6.45, 7) is 1.74. The second-order valence-corrected chi connectivity index (χ2v) is 3.45. The molecule has 0 saturated heterocycles. The predicted octanol–water partition coefficient (Wildman–Crippen LogP) is 3.18. The molecule has 1 aromatic rings. The molecule has 0 saturated carbocycles. The maximum atomic E-state index is 5.23. The molecule has 0 atom stereocenters. The number of thiocarbonyl (C=S) groups is 1. The Kier molecular flexibility index (Phi) is 3.02. The Bertz CT molecular complexity index is 273. The smallest absolute Gasteiger partial charge is 0.164 e. The zero-order chi connectivity index (χ0) is 8.27. The van der Waals surface area contributed by atoms with Gasteiger partial charge in [0.1, 0.15) is 5.75 Å². The van der Waals surface area contributed by atoms with Crippen molar-refractivity contribution in [1.82, 2.24) is 0 Å². The first-order valence-electron chi connectivity index (χ1n) is 3.13. The minimum Gasteiger partial charge on any atom is -0.449 e. The lowest BCUT2D eigenvalue weighted by Crippen LogP contribution is -1.98. The quantitative estimate of drug-likeness (QED) is 0.686. The second kappa shape index (κ2) is 3.83. The molecule has 1 rings (SSSR count). The van der Waals surface area contributed by atoms with Crippen molar-refractivity contribution in [2.45, 2.75) is 6.92 Å². The Balaban J connectivity index is 2.86. The Morgan fingerprint density at radius 1 is 1.45 bits per heavy atom. The largest absolute Gasteiger partial charge is 0.449 e. The average Bonchev–Trinajstić information content (AvgIpc) is 1.93. The second-order valence-electron chi connectivity index (χ2n) is 2.02. The Morgan fingerprint density at radius 2 is 2.09 bits per heavy atom. The predicted molar refractivity (Wildman–Crippen MR) is 53.0 cm³/mol. The SMILES string of the molecule is CC(=S)Oc1ccccc1Br. The van der Waals surface area contributed by atoms with Crippen LogP contribution in [0.3, 0.4) is 0 Å². The molecule has 0 bridgehead atoms. The van der Waals surface area contributed by atoms with E-state index in [-0.39, 0.29) is 0 Å². The van der Waals surface area contributed by atoms with E-state index in [0.29, 0.717) is 5.05 Å². The molecule has 58 valence electrons. The molecule has 0 fully saturated rings. The molecule has 1 nitrogen and oxygen atoms in total. The summed E-state index contributed by atoms with van der Waals surface area (Å²) < 4.78 is 6.15. The number of rotatable bonds is 1. The van der Waals surface area contributed by atoms with Crippen molar-refractivity contribution in [3.8, 4) is 5.75 Å². The molecular weight excluding hydrogens is 224 g/mol. The van der Waals surface area contributed by atoms with Crippen LogP contribution in [0.2, 0.25) is 0 Å². The van der Waals surface area contributed by atoms with Gasteiger partial charge in [-0.05, 0) is 40.3 Å². The first-order chi connectivity index (χ1) is 5.20. The summed E-state index contributed by atoms with van der Waals surface area (Å²) >= 11 is 8.13. The van der Waals surface area contributed by atoms with Gasteiger partial charge in [-0.1, -0.05) is 12.1 Å². The van der Waals surface area contributed by atoms with Crippen molar-refractivity contribution in [3.63, 3.8) is 0 Å². The third-order valence-corrected chi connectivity index (χ3v) is 1.83. The number of benzene rings is 1. The molecule has 3 heteroatoms. The lowest BCUT2D eigenvalue weighted by molar-refractivity contribution is 0.558. The molecule has 0 aliphatic heterocycles. The van der Waals surface area contributed by atoms with Crippen molar-refractivity contribution in [2.24, 2.45) is 0 Å². The van der Waals surface area contributed by atoms with Crippen LogP contribution in [0, 0.1) is 0 Å². The van der Waals surface area contributed by atoms with Crippen LogP contribution in [-0.4, -0.2) is 5.05 Å².